The highest BCUT2D eigenvalue weighted by Gasteiger charge is 2.21. The van der Waals surface area contributed by atoms with Gasteiger partial charge in [-0.25, -0.2) is 0 Å². The molecule has 0 bridgehead atoms. The van der Waals surface area contributed by atoms with Crippen molar-refractivity contribution >= 4 is 65.4 Å². The van der Waals surface area contributed by atoms with Crippen molar-refractivity contribution in [2.75, 3.05) is 0 Å². The number of benzene rings is 9. The molecule has 12 aromatic rings. The van der Waals surface area contributed by atoms with E-state index in [0.29, 0.717) is 0 Å². The van der Waals surface area contributed by atoms with Crippen LogP contribution in [0.15, 0.2) is 212 Å². The average molecular weight is 726 g/mol. The summed E-state index contributed by atoms with van der Waals surface area (Å²) >= 11 is 0. The van der Waals surface area contributed by atoms with E-state index < -0.39 is 0 Å². The molecule has 266 valence electrons. The molecule has 0 aliphatic heterocycles. The zero-order valence-electron chi connectivity index (χ0n) is 31.0. The number of para-hydroxylation sites is 4. The van der Waals surface area contributed by atoms with Crippen LogP contribution in [0.25, 0.3) is 105 Å². The Bertz CT molecular complexity index is 3490. The molecule has 3 heterocycles. The van der Waals surface area contributed by atoms with Crippen LogP contribution in [0.4, 0.5) is 0 Å². The summed E-state index contributed by atoms with van der Waals surface area (Å²) in [6.45, 7) is 0. The highest BCUT2D eigenvalue weighted by molar-refractivity contribution is 6.26. The van der Waals surface area contributed by atoms with Crippen molar-refractivity contribution in [1.82, 2.24) is 13.7 Å². The summed E-state index contributed by atoms with van der Waals surface area (Å²) in [5, 5.41) is 7.53. The van der Waals surface area contributed by atoms with E-state index in [1.807, 2.05) is 0 Å². The smallest absolute Gasteiger partial charge is 0.0641 e. The fourth-order valence-electron chi connectivity index (χ4n) is 9.42. The van der Waals surface area contributed by atoms with Crippen molar-refractivity contribution in [3.05, 3.63) is 212 Å². The minimum Gasteiger partial charge on any atom is -0.309 e. The second kappa shape index (κ2) is 12.5. The van der Waals surface area contributed by atoms with E-state index >= 15 is 0 Å². The normalized spacial score (nSPS) is 11.9. The number of fused-ring (bicyclic) bond motifs is 10. The summed E-state index contributed by atoms with van der Waals surface area (Å²) in [5.74, 6) is 0. The fourth-order valence-corrected chi connectivity index (χ4v) is 9.42. The summed E-state index contributed by atoms with van der Waals surface area (Å²) in [6.07, 6.45) is 0. The van der Waals surface area contributed by atoms with Gasteiger partial charge in [0, 0.05) is 49.4 Å². The lowest BCUT2D eigenvalue weighted by molar-refractivity contribution is 1.17. The van der Waals surface area contributed by atoms with Gasteiger partial charge in [0.1, 0.15) is 0 Å². The third-order valence-corrected chi connectivity index (χ3v) is 11.8. The van der Waals surface area contributed by atoms with Crippen LogP contribution >= 0.6 is 0 Å². The first-order chi connectivity index (χ1) is 28.3. The molecule has 0 saturated carbocycles. The zero-order chi connectivity index (χ0) is 37.5. The molecule has 3 aromatic heterocycles. The Hall–Kier alpha value is -7.62. The van der Waals surface area contributed by atoms with Gasteiger partial charge in [0.25, 0.3) is 0 Å². The highest BCUT2D eigenvalue weighted by Crippen LogP contribution is 2.43. The Morgan fingerprint density at radius 1 is 0.246 bits per heavy atom. The van der Waals surface area contributed by atoms with Crippen LogP contribution in [-0.4, -0.2) is 13.7 Å². The highest BCUT2D eigenvalue weighted by atomic mass is 15.0. The van der Waals surface area contributed by atoms with E-state index in [0.717, 1.165) is 17.1 Å². The quantitative estimate of drug-likeness (QED) is 0.168. The molecule has 3 nitrogen and oxygen atoms in total. The standard InChI is InChI=1S/C54H35N3/c1-3-15-36(16-4-1)38-17-13-20-41(35-38)56-48-26-11-8-22-45(48)52-42(24-14-28-50(52)56)37-29-31-40(32-30-37)57-47-25-10-7-21-43(47)44-33-34-51-53(54(44)57)46-23-9-12-27-49(46)55(51)39-18-5-2-6-19-39/h1-35H. The molecule has 9 aromatic carbocycles. The maximum atomic E-state index is 2.48. The third-order valence-electron chi connectivity index (χ3n) is 11.8. The van der Waals surface area contributed by atoms with Gasteiger partial charge in [0.05, 0.1) is 33.1 Å². The lowest BCUT2D eigenvalue weighted by Gasteiger charge is -2.12. The molecule has 3 heteroatoms. The van der Waals surface area contributed by atoms with Gasteiger partial charge in [-0.3, -0.25) is 0 Å². The minimum absolute atomic E-state index is 1.14. The maximum Gasteiger partial charge on any atom is 0.0641 e. The first-order valence-electron chi connectivity index (χ1n) is 19.6. The summed E-state index contributed by atoms with van der Waals surface area (Å²) in [7, 11) is 0. The Labute approximate surface area is 329 Å². The first-order valence-corrected chi connectivity index (χ1v) is 19.6. The van der Waals surface area contributed by atoms with Gasteiger partial charge in [0.2, 0.25) is 0 Å². The Morgan fingerprint density at radius 2 is 0.754 bits per heavy atom. The predicted molar refractivity (Wildman–Crippen MR) is 240 cm³/mol. The summed E-state index contributed by atoms with van der Waals surface area (Å²) < 4.78 is 7.30. The maximum absolute atomic E-state index is 2.48. The van der Waals surface area contributed by atoms with Crippen molar-refractivity contribution in [2.45, 2.75) is 0 Å². The molecule has 57 heavy (non-hydrogen) atoms. The summed E-state index contributed by atoms with van der Waals surface area (Å²) in [4.78, 5) is 0. The van der Waals surface area contributed by atoms with Crippen molar-refractivity contribution < 1.29 is 0 Å². The number of hydrogen-bond acceptors (Lipinski definition) is 0. The molecule has 0 N–H and O–H groups in total. The van der Waals surface area contributed by atoms with E-state index in [-0.39, 0.29) is 0 Å². The molecule has 0 spiro atoms. The van der Waals surface area contributed by atoms with E-state index in [1.54, 1.807) is 0 Å². The van der Waals surface area contributed by atoms with Gasteiger partial charge in [0.15, 0.2) is 0 Å². The molecular formula is C54H35N3. The van der Waals surface area contributed by atoms with Crippen LogP contribution in [0, 0.1) is 0 Å². The predicted octanol–water partition coefficient (Wildman–Crippen LogP) is 14.3. The van der Waals surface area contributed by atoms with Gasteiger partial charge in [-0.1, -0.05) is 146 Å². The Kier molecular flexibility index (Phi) is 6.93. The summed E-state index contributed by atoms with van der Waals surface area (Å²) in [6, 6.07) is 77.3. The molecular weight excluding hydrogens is 691 g/mol. The van der Waals surface area contributed by atoms with Crippen LogP contribution in [0.5, 0.6) is 0 Å². The monoisotopic (exact) mass is 725 g/mol. The van der Waals surface area contributed by atoms with Crippen molar-refractivity contribution in [3.63, 3.8) is 0 Å². The van der Waals surface area contributed by atoms with Crippen molar-refractivity contribution in [3.8, 4) is 39.3 Å². The SMILES string of the molecule is c1ccc(-c2cccc(-n3c4ccccc4c4c(-c5ccc(-n6c7ccccc7c7ccc8c(c9ccccc9n8-c8ccccc8)c76)cc5)cccc43)c2)cc1. The van der Waals surface area contributed by atoms with E-state index in [1.165, 1.54) is 87.7 Å². The lowest BCUT2D eigenvalue weighted by Crippen LogP contribution is -1.95. The molecule has 0 radical (unpaired) electrons. The second-order valence-electron chi connectivity index (χ2n) is 14.9. The molecule has 0 fully saturated rings. The van der Waals surface area contributed by atoms with E-state index in [2.05, 4.69) is 226 Å². The van der Waals surface area contributed by atoms with Crippen LogP contribution in [0.3, 0.4) is 0 Å². The molecule has 0 saturated heterocycles. The number of rotatable bonds is 5. The number of nitrogens with zero attached hydrogens (tertiary/aromatic N) is 3. The van der Waals surface area contributed by atoms with E-state index in [9.17, 15) is 0 Å². The molecule has 0 unspecified atom stereocenters. The van der Waals surface area contributed by atoms with Gasteiger partial charge in [-0.2, -0.15) is 0 Å². The van der Waals surface area contributed by atoms with Crippen molar-refractivity contribution in [2.24, 2.45) is 0 Å². The largest absolute Gasteiger partial charge is 0.309 e. The van der Waals surface area contributed by atoms with Crippen LogP contribution < -0.4 is 0 Å². The molecule has 0 aliphatic rings. The van der Waals surface area contributed by atoms with Gasteiger partial charge in [-0.15, -0.1) is 0 Å². The first kappa shape index (κ1) is 31.7. The van der Waals surface area contributed by atoms with Crippen molar-refractivity contribution in [1.29, 1.82) is 0 Å². The van der Waals surface area contributed by atoms with Gasteiger partial charge < -0.3 is 13.7 Å². The summed E-state index contributed by atoms with van der Waals surface area (Å²) in [5.41, 5.74) is 15.5. The zero-order valence-corrected chi connectivity index (χ0v) is 31.0. The van der Waals surface area contributed by atoms with Crippen LogP contribution in [-0.2, 0) is 0 Å². The molecule has 12 rings (SSSR count). The number of aromatic nitrogens is 3. The molecule has 0 atom stereocenters. The topological polar surface area (TPSA) is 14.8 Å². The van der Waals surface area contributed by atoms with Crippen LogP contribution in [0.1, 0.15) is 0 Å². The lowest BCUT2D eigenvalue weighted by atomic mass is 9.99. The average Bonchev–Trinajstić information content (AvgIpc) is 3.93. The minimum atomic E-state index is 1.14. The van der Waals surface area contributed by atoms with E-state index in [4.69, 9.17) is 0 Å². The third kappa shape index (κ3) is 4.73. The Morgan fingerprint density at radius 3 is 1.49 bits per heavy atom. The fraction of sp³-hybridized carbons (Fsp3) is 0. The van der Waals surface area contributed by atoms with Crippen LogP contribution in [0.2, 0.25) is 0 Å². The second-order valence-corrected chi connectivity index (χ2v) is 14.9. The number of hydrogen-bond donors (Lipinski definition) is 0. The van der Waals surface area contributed by atoms with Gasteiger partial charge >= 0.3 is 0 Å². The molecule has 0 aliphatic carbocycles. The van der Waals surface area contributed by atoms with Gasteiger partial charge in [-0.05, 0) is 89.0 Å². The molecule has 0 amide bonds. The Balaban J connectivity index is 1.06.